The number of nitrogens with one attached hydrogen (secondary N) is 1. The number of amides is 1. The Kier molecular flexibility index (Phi) is 5.41. The first kappa shape index (κ1) is 19.5. The fourth-order valence-electron chi connectivity index (χ4n) is 2.88. The summed E-state index contributed by atoms with van der Waals surface area (Å²) in [5.41, 5.74) is -0.0386. The number of carbonyl (C=O) groups is 1. The van der Waals surface area contributed by atoms with E-state index in [4.69, 9.17) is 25.5 Å². The minimum Gasteiger partial charge on any atom is -0.493 e. The Hall–Kier alpha value is -3.77. The lowest BCUT2D eigenvalue weighted by Crippen LogP contribution is -2.20. The average molecular weight is 422 g/mol. The smallest absolute Gasteiger partial charge is 0.349 e. The monoisotopic (exact) mass is 421 g/mol. The van der Waals surface area contributed by atoms with Gasteiger partial charge in [0, 0.05) is 16.1 Å². The molecule has 0 unspecified atom stereocenters. The first-order chi connectivity index (χ1) is 14.5. The molecule has 1 N–H and O–H groups in total. The second kappa shape index (κ2) is 8.31. The maximum Gasteiger partial charge on any atom is 0.349 e. The van der Waals surface area contributed by atoms with Crippen molar-refractivity contribution in [1.82, 2.24) is 0 Å². The van der Waals surface area contributed by atoms with Gasteiger partial charge in [-0.1, -0.05) is 23.7 Å². The highest BCUT2D eigenvalue weighted by atomic mass is 35.5. The van der Waals surface area contributed by atoms with Crippen LogP contribution in [0.3, 0.4) is 0 Å². The molecule has 0 aliphatic carbocycles. The van der Waals surface area contributed by atoms with Crippen molar-refractivity contribution < 1.29 is 18.7 Å². The molecule has 30 heavy (non-hydrogen) atoms. The zero-order chi connectivity index (χ0) is 21.1. The molecule has 0 aliphatic rings. The Bertz CT molecular complexity index is 1260. The van der Waals surface area contributed by atoms with E-state index in [2.05, 4.69) is 5.32 Å². The normalized spacial score (nSPS) is 10.6. The van der Waals surface area contributed by atoms with Crippen LogP contribution in [0.2, 0.25) is 5.02 Å². The largest absolute Gasteiger partial charge is 0.493 e. The van der Waals surface area contributed by atoms with E-state index in [0.717, 1.165) is 0 Å². The van der Waals surface area contributed by atoms with Gasteiger partial charge in [0.1, 0.15) is 17.1 Å². The molecule has 0 spiro atoms. The zero-order valence-electron chi connectivity index (χ0n) is 15.8. The SMILES string of the molecule is COc1cccc2cc(C(=O)Nc3ccc(Oc4ccc(Cl)cc4)cc3)c(=O)oc12. The molecule has 6 nitrogen and oxygen atoms in total. The maximum atomic E-state index is 12.6. The standard InChI is InChI=1S/C23H16ClNO5/c1-28-20-4-2-3-14-13-19(23(27)30-21(14)20)22(26)25-16-7-11-18(12-8-16)29-17-9-5-15(24)6-10-17/h2-13H,1H3,(H,25,26). The number of hydrogen-bond acceptors (Lipinski definition) is 5. The first-order valence-corrected chi connectivity index (χ1v) is 9.37. The van der Waals surface area contributed by atoms with Crippen LogP contribution in [-0.4, -0.2) is 13.0 Å². The summed E-state index contributed by atoms with van der Waals surface area (Å²) in [4.78, 5) is 24.9. The van der Waals surface area contributed by atoms with E-state index >= 15 is 0 Å². The molecule has 4 rings (SSSR count). The molecule has 1 heterocycles. The number of para-hydroxylation sites is 1. The van der Waals surface area contributed by atoms with E-state index in [1.54, 1.807) is 66.7 Å². The van der Waals surface area contributed by atoms with Crippen LogP contribution in [0.15, 0.2) is 82.0 Å². The first-order valence-electron chi connectivity index (χ1n) is 8.99. The summed E-state index contributed by atoms with van der Waals surface area (Å²) < 4.78 is 16.2. The lowest BCUT2D eigenvalue weighted by atomic mass is 10.1. The van der Waals surface area contributed by atoms with Gasteiger partial charge in [0.25, 0.3) is 5.91 Å². The highest BCUT2D eigenvalue weighted by Crippen LogP contribution is 2.26. The summed E-state index contributed by atoms with van der Waals surface area (Å²) in [5, 5.41) is 3.90. The van der Waals surface area contributed by atoms with E-state index in [0.29, 0.717) is 38.9 Å². The van der Waals surface area contributed by atoms with Gasteiger partial charge in [-0.05, 0) is 60.7 Å². The van der Waals surface area contributed by atoms with Crippen LogP contribution in [0.25, 0.3) is 11.0 Å². The molecule has 0 bridgehead atoms. The lowest BCUT2D eigenvalue weighted by molar-refractivity contribution is 0.102. The van der Waals surface area contributed by atoms with Crippen molar-refractivity contribution in [2.75, 3.05) is 12.4 Å². The average Bonchev–Trinajstić information content (AvgIpc) is 2.75. The molecule has 0 fully saturated rings. The van der Waals surface area contributed by atoms with Gasteiger partial charge in [-0.25, -0.2) is 4.79 Å². The molecule has 4 aromatic rings. The van der Waals surface area contributed by atoms with Crippen molar-refractivity contribution in [3.8, 4) is 17.2 Å². The summed E-state index contributed by atoms with van der Waals surface area (Å²) >= 11 is 5.86. The molecule has 0 saturated carbocycles. The van der Waals surface area contributed by atoms with Crippen molar-refractivity contribution in [1.29, 1.82) is 0 Å². The molecule has 1 aromatic heterocycles. The quantitative estimate of drug-likeness (QED) is 0.430. The van der Waals surface area contributed by atoms with E-state index < -0.39 is 11.5 Å². The van der Waals surface area contributed by atoms with Crippen molar-refractivity contribution >= 4 is 34.2 Å². The summed E-state index contributed by atoms with van der Waals surface area (Å²) in [6, 6.07) is 20.4. The van der Waals surface area contributed by atoms with Crippen LogP contribution in [0.5, 0.6) is 17.2 Å². The molecule has 7 heteroatoms. The zero-order valence-corrected chi connectivity index (χ0v) is 16.6. The van der Waals surface area contributed by atoms with E-state index in [1.165, 1.54) is 13.2 Å². The maximum absolute atomic E-state index is 12.6. The molecule has 150 valence electrons. The molecule has 1 amide bonds. The van der Waals surface area contributed by atoms with Crippen molar-refractivity contribution in [3.05, 3.63) is 93.8 Å². The van der Waals surface area contributed by atoms with E-state index in [-0.39, 0.29) is 5.56 Å². The summed E-state index contributed by atoms with van der Waals surface area (Å²) in [7, 11) is 1.48. The van der Waals surface area contributed by atoms with Crippen LogP contribution in [0.1, 0.15) is 10.4 Å². The van der Waals surface area contributed by atoms with Gasteiger partial charge in [-0.2, -0.15) is 0 Å². The lowest BCUT2D eigenvalue weighted by Gasteiger charge is -2.09. The molecule has 0 saturated heterocycles. The van der Waals surface area contributed by atoms with Gasteiger partial charge in [-0.15, -0.1) is 0 Å². The van der Waals surface area contributed by atoms with Gasteiger partial charge in [0.15, 0.2) is 11.3 Å². The number of fused-ring (bicyclic) bond motifs is 1. The van der Waals surface area contributed by atoms with Crippen molar-refractivity contribution in [2.45, 2.75) is 0 Å². The fourth-order valence-corrected chi connectivity index (χ4v) is 3.01. The summed E-state index contributed by atoms with van der Waals surface area (Å²) in [6.07, 6.45) is 0. The highest BCUT2D eigenvalue weighted by Gasteiger charge is 2.16. The number of halogens is 1. The van der Waals surface area contributed by atoms with Gasteiger partial charge in [-0.3, -0.25) is 4.79 Å². The molecule has 3 aromatic carbocycles. The minimum absolute atomic E-state index is 0.0998. The van der Waals surface area contributed by atoms with E-state index in [1.807, 2.05) is 0 Å². The molecular weight excluding hydrogens is 406 g/mol. The van der Waals surface area contributed by atoms with Crippen molar-refractivity contribution in [3.63, 3.8) is 0 Å². The third-order valence-corrected chi connectivity index (χ3v) is 4.60. The highest BCUT2D eigenvalue weighted by molar-refractivity contribution is 6.30. The molecular formula is C23H16ClNO5. The minimum atomic E-state index is -0.743. The van der Waals surface area contributed by atoms with Gasteiger partial charge in [0.2, 0.25) is 0 Å². The predicted molar refractivity (Wildman–Crippen MR) is 115 cm³/mol. The van der Waals surface area contributed by atoms with Crippen LogP contribution in [0, 0.1) is 0 Å². The Morgan fingerprint density at radius 3 is 2.30 bits per heavy atom. The number of benzene rings is 3. The number of rotatable bonds is 5. The number of anilines is 1. The van der Waals surface area contributed by atoms with Gasteiger partial charge in [0.05, 0.1) is 7.11 Å². The Balaban J connectivity index is 1.51. The van der Waals surface area contributed by atoms with Crippen LogP contribution in [-0.2, 0) is 0 Å². The third-order valence-electron chi connectivity index (χ3n) is 4.35. The van der Waals surface area contributed by atoms with Crippen LogP contribution >= 0.6 is 11.6 Å². The number of ether oxygens (including phenoxy) is 2. The van der Waals surface area contributed by atoms with Crippen LogP contribution in [0.4, 0.5) is 5.69 Å². The Labute approximate surface area is 176 Å². The van der Waals surface area contributed by atoms with E-state index in [9.17, 15) is 9.59 Å². The Morgan fingerprint density at radius 2 is 1.63 bits per heavy atom. The summed E-state index contributed by atoms with van der Waals surface area (Å²) in [6.45, 7) is 0. The summed E-state index contributed by atoms with van der Waals surface area (Å²) in [5.74, 6) is 1.08. The number of carbonyl (C=O) groups excluding carboxylic acids is 1. The number of methoxy groups -OCH3 is 1. The number of hydrogen-bond donors (Lipinski definition) is 1. The second-order valence-electron chi connectivity index (χ2n) is 6.36. The van der Waals surface area contributed by atoms with Crippen LogP contribution < -0.4 is 20.4 Å². The fraction of sp³-hybridized carbons (Fsp3) is 0.0435. The Morgan fingerprint density at radius 1 is 0.967 bits per heavy atom. The van der Waals surface area contributed by atoms with Gasteiger partial charge >= 0.3 is 5.63 Å². The third kappa shape index (κ3) is 4.14. The van der Waals surface area contributed by atoms with Crippen molar-refractivity contribution in [2.24, 2.45) is 0 Å². The molecule has 0 aliphatic heterocycles. The second-order valence-corrected chi connectivity index (χ2v) is 6.80. The van der Waals surface area contributed by atoms with Gasteiger partial charge < -0.3 is 19.2 Å². The predicted octanol–water partition coefficient (Wildman–Crippen LogP) is 5.50. The molecule has 0 atom stereocenters. The molecule has 0 radical (unpaired) electrons. The topological polar surface area (TPSA) is 77.8 Å².